The molecule has 0 aromatic heterocycles. The summed E-state index contributed by atoms with van der Waals surface area (Å²) in [6.07, 6.45) is 1.96. The molecule has 9 heteroatoms. The molecule has 2 aliphatic rings. The highest BCUT2D eigenvalue weighted by Crippen LogP contribution is 2.27. The number of rotatable bonds is 8. The molecular weight excluding hydrogens is 452 g/mol. The van der Waals surface area contributed by atoms with Crippen LogP contribution in [-0.4, -0.2) is 59.8 Å². The number of carbonyl (C=O) groups excluding carboxylic acids is 1. The molecule has 2 aliphatic heterocycles. The number of hydrogen-bond acceptors (Lipinski definition) is 6. The molecule has 1 unspecified atom stereocenters. The van der Waals surface area contributed by atoms with Crippen LogP contribution in [0.3, 0.4) is 0 Å². The first-order valence-corrected chi connectivity index (χ1v) is 13.4. The van der Waals surface area contributed by atoms with E-state index in [4.69, 9.17) is 4.74 Å². The molecule has 0 saturated carbocycles. The monoisotopic (exact) mass is 486 g/mol. The minimum atomic E-state index is -3.79. The molecule has 2 fully saturated rings. The van der Waals surface area contributed by atoms with E-state index in [9.17, 15) is 13.2 Å². The normalized spacial score (nSPS) is 18.8. The minimum absolute atomic E-state index is 0.0297. The van der Waals surface area contributed by atoms with Crippen molar-refractivity contribution in [2.24, 2.45) is 0 Å². The van der Waals surface area contributed by atoms with Crippen LogP contribution < -0.4 is 20.3 Å². The van der Waals surface area contributed by atoms with Gasteiger partial charge in [0.05, 0.1) is 16.6 Å². The van der Waals surface area contributed by atoms with E-state index in [-0.39, 0.29) is 16.9 Å². The third kappa shape index (κ3) is 5.89. The van der Waals surface area contributed by atoms with Gasteiger partial charge in [-0.2, -0.15) is 0 Å². The Morgan fingerprint density at radius 3 is 2.53 bits per heavy atom. The van der Waals surface area contributed by atoms with Crippen molar-refractivity contribution >= 4 is 27.3 Å². The Labute approximate surface area is 202 Å². The van der Waals surface area contributed by atoms with Crippen molar-refractivity contribution < 1.29 is 17.9 Å². The number of carbonyl (C=O) groups is 1. The Kier molecular flexibility index (Phi) is 7.75. The van der Waals surface area contributed by atoms with Crippen LogP contribution in [0.1, 0.15) is 48.5 Å². The Balaban J connectivity index is 1.57. The SMILES string of the molecule is CC(C)c1ccc(S(=O)(=O)Nc2ccc(N3CCNCC3)c(C(=O)NCC3CCCO3)c2)cc1. The van der Waals surface area contributed by atoms with E-state index in [0.717, 1.165) is 56.9 Å². The lowest BCUT2D eigenvalue weighted by Crippen LogP contribution is -2.44. The van der Waals surface area contributed by atoms with Crippen LogP contribution in [0.5, 0.6) is 0 Å². The fourth-order valence-corrected chi connectivity index (χ4v) is 5.37. The van der Waals surface area contributed by atoms with Crippen LogP contribution in [0.4, 0.5) is 11.4 Å². The topological polar surface area (TPSA) is 99.8 Å². The van der Waals surface area contributed by atoms with E-state index in [1.807, 2.05) is 18.2 Å². The lowest BCUT2D eigenvalue weighted by Gasteiger charge is -2.31. The van der Waals surface area contributed by atoms with Gasteiger partial charge in [-0.15, -0.1) is 0 Å². The van der Waals surface area contributed by atoms with Gasteiger partial charge < -0.3 is 20.3 Å². The predicted molar refractivity (Wildman–Crippen MR) is 134 cm³/mol. The van der Waals surface area contributed by atoms with Crippen molar-refractivity contribution in [2.75, 3.05) is 49.0 Å². The minimum Gasteiger partial charge on any atom is -0.376 e. The van der Waals surface area contributed by atoms with Crippen molar-refractivity contribution in [1.29, 1.82) is 0 Å². The lowest BCUT2D eigenvalue weighted by molar-refractivity contribution is 0.0858. The predicted octanol–water partition coefficient (Wildman–Crippen LogP) is 2.93. The van der Waals surface area contributed by atoms with E-state index >= 15 is 0 Å². The molecule has 3 N–H and O–H groups in total. The average Bonchev–Trinajstić information content (AvgIpc) is 3.36. The summed E-state index contributed by atoms with van der Waals surface area (Å²) < 4.78 is 34.3. The van der Waals surface area contributed by atoms with Crippen molar-refractivity contribution in [1.82, 2.24) is 10.6 Å². The highest BCUT2D eigenvalue weighted by atomic mass is 32.2. The molecule has 1 atom stereocenters. The number of nitrogens with zero attached hydrogens (tertiary/aromatic N) is 1. The van der Waals surface area contributed by atoms with Crippen LogP contribution in [0.25, 0.3) is 0 Å². The zero-order valence-electron chi connectivity index (χ0n) is 19.8. The molecule has 2 aromatic rings. The number of ether oxygens (including phenoxy) is 1. The standard InChI is InChI=1S/C25H34N4O4S/c1-18(2)19-5-8-22(9-6-19)34(31,32)28-20-7-10-24(29-13-11-26-12-14-29)23(16-20)25(30)27-17-21-4-3-15-33-21/h5-10,16,18,21,26,28H,3-4,11-15,17H2,1-2H3,(H,27,30). The lowest BCUT2D eigenvalue weighted by atomic mass is 10.0. The second-order valence-electron chi connectivity index (χ2n) is 9.14. The second-order valence-corrected chi connectivity index (χ2v) is 10.8. The van der Waals surface area contributed by atoms with Crippen molar-refractivity contribution in [3.63, 3.8) is 0 Å². The highest BCUT2D eigenvalue weighted by molar-refractivity contribution is 7.92. The van der Waals surface area contributed by atoms with Gasteiger partial charge in [-0.05, 0) is 54.7 Å². The van der Waals surface area contributed by atoms with Crippen LogP contribution >= 0.6 is 0 Å². The maximum Gasteiger partial charge on any atom is 0.261 e. The largest absolute Gasteiger partial charge is 0.376 e. The molecule has 0 aliphatic carbocycles. The maximum absolute atomic E-state index is 13.2. The van der Waals surface area contributed by atoms with Gasteiger partial charge in [-0.25, -0.2) is 8.42 Å². The first kappa shape index (κ1) is 24.5. The number of hydrogen-bond donors (Lipinski definition) is 3. The highest BCUT2D eigenvalue weighted by Gasteiger charge is 2.23. The Morgan fingerprint density at radius 1 is 1.15 bits per heavy atom. The summed E-state index contributed by atoms with van der Waals surface area (Å²) in [5, 5.41) is 6.29. The van der Waals surface area contributed by atoms with Crippen LogP contribution in [0, 0.1) is 0 Å². The van der Waals surface area contributed by atoms with Gasteiger partial charge in [0.15, 0.2) is 0 Å². The van der Waals surface area contributed by atoms with Crippen LogP contribution in [-0.2, 0) is 14.8 Å². The van der Waals surface area contributed by atoms with Gasteiger partial charge >= 0.3 is 0 Å². The van der Waals surface area contributed by atoms with Crippen molar-refractivity contribution in [3.8, 4) is 0 Å². The third-order valence-corrected chi connectivity index (χ3v) is 7.72. The molecule has 184 valence electrons. The molecule has 1 amide bonds. The fraction of sp³-hybridized carbons (Fsp3) is 0.480. The Hall–Kier alpha value is -2.62. The van der Waals surface area contributed by atoms with Crippen molar-refractivity contribution in [3.05, 3.63) is 53.6 Å². The molecule has 0 spiro atoms. The number of benzene rings is 2. The number of anilines is 2. The fourth-order valence-electron chi connectivity index (χ4n) is 4.32. The van der Waals surface area contributed by atoms with E-state index in [1.54, 1.807) is 24.3 Å². The molecule has 4 rings (SSSR count). The molecule has 0 bridgehead atoms. The molecule has 34 heavy (non-hydrogen) atoms. The van der Waals surface area contributed by atoms with Crippen molar-refractivity contribution in [2.45, 2.75) is 43.6 Å². The first-order chi connectivity index (χ1) is 16.3. The van der Waals surface area contributed by atoms with E-state index in [1.165, 1.54) is 0 Å². The summed E-state index contributed by atoms with van der Waals surface area (Å²) >= 11 is 0. The van der Waals surface area contributed by atoms with Gasteiger partial charge in [0.1, 0.15) is 0 Å². The smallest absolute Gasteiger partial charge is 0.261 e. The summed E-state index contributed by atoms with van der Waals surface area (Å²) in [7, 11) is -3.79. The summed E-state index contributed by atoms with van der Waals surface area (Å²) in [5.41, 5.74) is 2.68. The first-order valence-electron chi connectivity index (χ1n) is 12.0. The maximum atomic E-state index is 13.2. The van der Waals surface area contributed by atoms with Gasteiger partial charge in [0.2, 0.25) is 0 Å². The summed E-state index contributed by atoms with van der Waals surface area (Å²) in [6.45, 7) is 8.51. The number of amides is 1. The molecule has 0 radical (unpaired) electrons. The molecule has 2 heterocycles. The third-order valence-electron chi connectivity index (χ3n) is 6.32. The molecule has 2 saturated heterocycles. The Bertz CT molecular complexity index is 1090. The zero-order chi connectivity index (χ0) is 24.1. The second kappa shape index (κ2) is 10.8. The van der Waals surface area contributed by atoms with Crippen LogP contribution in [0.15, 0.2) is 47.4 Å². The van der Waals surface area contributed by atoms with Gasteiger partial charge in [-0.3, -0.25) is 9.52 Å². The molecule has 8 nitrogen and oxygen atoms in total. The van der Waals surface area contributed by atoms with E-state index in [2.05, 4.69) is 34.1 Å². The summed E-state index contributed by atoms with van der Waals surface area (Å²) in [5.74, 6) is 0.0873. The number of piperazine rings is 1. The zero-order valence-corrected chi connectivity index (χ0v) is 20.7. The van der Waals surface area contributed by atoms with Crippen LogP contribution in [0.2, 0.25) is 0 Å². The summed E-state index contributed by atoms with van der Waals surface area (Å²) in [4.78, 5) is 15.5. The number of sulfonamides is 1. The number of nitrogens with one attached hydrogen (secondary N) is 3. The molecular formula is C25H34N4O4S. The van der Waals surface area contributed by atoms with Gasteiger partial charge in [-0.1, -0.05) is 26.0 Å². The molecule has 2 aromatic carbocycles. The quantitative estimate of drug-likeness (QED) is 0.531. The van der Waals surface area contributed by atoms with Gasteiger partial charge in [0, 0.05) is 50.7 Å². The van der Waals surface area contributed by atoms with E-state index < -0.39 is 10.0 Å². The van der Waals surface area contributed by atoms with E-state index in [0.29, 0.717) is 23.7 Å². The van der Waals surface area contributed by atoms with Gasteiger partial charge in [0.25, 0.3) is 15.9 Å². The summed E-state index contributed by atoms with van der Waals surface area (Å²) in [6, 6.07) is 12.1. The average molecular weight is 487 g/mol. The Morgan fingerprint density at radius 2 is 1.88 bits per heavy atom.